The molecule has 2 aromatic carbocycles. The van der Waals surface area contributed by atoms with Crippen molar-refractivity contribution in [3.05, 3.63) is 52.1 Å². The van der Waals surface area contributed by atoms with Gasteiger partial charge in [-0.3, -0.25) is 19.2 Å². The number of sulfonamides is 1. The van der Waals surface area contributed by atoms with Crippen molar-refractivity contribution in [1.29, 1.82) is 0 Å². The summed E-state index contributed by atoms with van der Waals surface area (Å²) in [4.78, 5) is 22.8. The Labute approximate surface area is 192 Å². The molecule has 33 heavy (non-hydrogen) atoms. The monoisotopic (exact) mass is 481 g/mol. The first kappa shape index (κ1) is 25.7. The number of anilines is 1. The van der Waals surface area contributed by atoms with Gasteiger partial charge in [0.2, 0.25) is 15.9 Å². The molecule has 0 atom stereocenters. The van der Waals surface area contributed by atoms with Gasteiger partial charge in [-0.25, -0.2) is 8.42 Å². The zero-order valence-corrected chi connectivity index (χ0v) is 19.7. The van der Waals surface area contributed by atoms with E-state index in [4.69, 9.17) is 14.2 Å². The van der Waals surface area contributed by atoms with Gasteiger partial charge in [-0.2, -0.15) is 0 Å². The predicted octanol–water partition coefficient (Wildman–Crippen LogP) is 2.48. The number of nitrogens with one attached hydrogen (secondary N) is 1. The first-order valence-corrected chi connectivity index (χ1v) is 11.7. The highest BCUT2D eigenvalue weighted by Crippen LogP contribution is 2.34. The average Bonchev–Trinajstić information content (AvgIpc) is 2.78. The highest BCUT2D eigenvalue weighted by atomic mass is 32.2. The maximum atomic E-state index is 12.4. The molecule has 0 fully saturated rings. The highest BCUT2D eigenvalue weighted by molar-refractivity contribution is 7.92. The predicted molar refractivity (Wildman–Crippen MR) is 122 cm³/mol. The van der Waals surface area contributed by atoms with Crippen LogP contribution in [0.25, 0.3) is 0 Å². The Hall–Kier alpha value is -3.54. The van der Waals surface area contributed by atoms with E-state index < -0.39 is 14.9 Å². The molecule has 0 saturated carbocycles. The quantitative estimate of drug-likeness (QED) is 0.361. The second kappa shape index (κ2) is 11.4. The van der Waals surface area contributed by atoms with Crippen molar-refractivity contribution >= 4 is 27.3 Å². The summed E-state index contributed by atoms with van der Waals surface area (Å²) in [6, 6.07) is 8.97. The van der Waals surface area contributed by atoms with Crippen LogP contribution in [-0.2, 0) is 21.4 Å². The van der Waals surface area contributed by atoms with Crippen LogP contribution < -0.4 is 23.8 Å². The molecule has 0 spiro atoms. The summed E-state index contributed by atoms with van der Waals surface area (Å²) < 4.78 is 41.3. The van der Waals surface area contributed by atoms with Crippen LogP contribution in [0.3, 0.4) is 0 Å². The summed E-state index contributed by atoms with van der Waals surface area (Å²) >= 11 is 0. The second-order valence-corrected chi connectivity index (χ2v) is 8.92. The standard InChI is InChI=1S/C21H27N3O8S/c1-30-18-10-8-16(24(26)27)13-17(18)23(33(4,28)29)11-5-6-21(25)22-14-15-7-9-19(31-2)20(12-15)32-3/h7-10,12-13H,5-6,11,14H2,1-4H3,(H,22,25). The van der Waals surface area contributed by atoms with Crippen molar-refractivity contribution in [1.82, 2.24) is 5.32 Å². The number of amides is 1. The molecule has 2 rings (SSSR count). The Morgan fingerprint density at radius 3 is 2.24 bits per heavy atom. The molecule has 0 aliphatic rings. The maximum Gasteiger partial charge on any atom is 0.271 e. The summed E-state index contributed by atoms with van der Waals surface area (Å²) in [7, 11) is 0.601. The Morgan fingerprint density at radius 2 is 1.67 bits per heavy atom. The third-order valence-corrected chi connectivity index (χ3v) is 5.92. The van der Waals surface area contributed by atoms with Gasteiger partial charge in [-0.05, 0) is 30.2 Å². The Kier molecular flexibility index (Phi) is 8.85. The molecule has 2 aromatic rings. The molecule has 180 valence electrons. The lowest BCUT2D eigenvalue weighted by atomic mass is 10.2. The smallest absolute Gasteiger partial charge is 0.271 e. The van der Waals surface area contributed by atoms with Gasteiger partial charge < -0.3 is 19.5 Å². The van der Waals surface area contributed by atoms with E-state index >= 15 is 0 Å². The Balaban J connectivity index is 2.04. The molecule has 0 bridgehead atoms. The number of non-ortho nitro benzene ring substituents is 1. The Bertz CT molecular complexity index is 1100. The van der Waals surface area contributed by atoms with Crippen molar-refractivity contribution < 1.29 is 32.3 Å². The average molecular weight is 482 g/mol. The number of methoxy groups -OCH3 is 3. The van der Waals surface area contributed by atoms with Crippen LogP contribution in [0.15, 0.2) is 36.4 Å². The van der Waals surface area contributed by atoms with Gasteiger partial charge in [0.05, 0.1) is 32.5 Å². The van der Waals surface area contributed by atoms with E-state index in [-0.39, 0.29) is 49.0 Å². The summed E-state index contributed by atoms with van der Waals surface area (Å²) in [6.07, 6.45) is 1.23. The van der Waals surface area contributed by atoms with Crippen LogP contribution in [0.5, 0.6) is 17.2 Å². The normalized spacial score (nSPS) is 10.9. The molecule has 0 saturated heterocycles. The number of hydrogen-bond donors (Lipinski definition) is 1. The number of hydrogen-bond acceptors (Lipinski definition) is 8. The van der Waals surface area contributed by atoms with E-state index in [2.05, 4.69) is 5.32 Å². The minimum Gasteiger partial charge on any atom is -0.495 e. The molecule has 0 heterocycles. The van der Waals surface area contributed by atoms with Gasteiger partial charge in [0.25, 0.3) is 5.69 Å². The zero-order valence-electron chi connectivity index (χ0n) is 18.9. The first-order valence-electron chi connectivity index (χ1n) is 9.88. The van der Waals surface area contributed by atoms with Gasteiger partial charge in [0.1, 0.15) is 11.4 Å². The van der Waals surface area contributed by atoms with Crippen LogP contribution in [-0.4, -0.2) is 53.4 Å². The minimum atomic E-state index is -3.79. The van der Waals surface area contributed by atoms with Crippen molar-refractivity contribution in [2.24, 2.45) is 0 Å². The largest absolute Gasteiger partial charge is 0.495 e. The van der Waals surface area contributed by atoms with Gasteiger partial charge in [0.15, 0.2) is 11.5 Å². The van der Waals surface area contributed by atoms with E-state index in [1.54, 1.807) is 18.2 Å². The molecule has 0 aromatic heterocycles. The van der Waals surface area contributed by atoms with Crippen molar-refractivity contribution in [2.45, 2.75) is 19.4 Å². The van der Waals surface area contributed by atoms with Crippen LogP contribution in [0.4, 0.5) is 11.4 Å². The van der Waals surface area contributed by atoms with E-state index in [1.807, 2.05) is 0 Å². The van der Waals surface area contributed by atoms with Crippen molar-refractivity contribution in [3.63, 3.8) is 0 Å². The van der Waals surface area contributed by atoms with Gasteiger partial charge in [0, 0.05) is 31.6 Å². The third kappa shape index (κ3) is 6.97. The summed E-state index contributed by atoms with van der Waals surface area (Å²) in [6.45, 7) is 0.202. The number of carbonyl (C=O) groups excluding carboxylic acids is 1. The summed E-state index contributed by atoms with van der Waals surface area (Å²) in [5.74, 6) is 1.01. The fraction of sp³-hybridized carbons (Fsp3) is 0.381. The molecule has 0 aliphatic carbocycles. The molecule has 1 amide bonds. The van der Waals surface area contributed by atoms with Gasteiger partial charge in [-0.1, -0.05) is 6.07 Å². The number of nitro groups is 1. The molecule has 0 unspecified atom stereocenters. The number of nitrogens with zero attached hydrogens (tertiary/aromatic N) is 2. The lowest BCUT2D eigenvalue weighted by molar-refractivity contribution is -0.384. The van der Waals surface area contributed by atoms with Gasteiger partial charge in [-0.15, -0.1) is 0 Å². The maximum absolute atomic E-state index is 12.4. The molecule has 11 nitrogen and oxygen atoms in total. The molecular formula is C21H27N3O8S. The highest BCUT2D eigenvalue weighted by Gasteiger charge is 2.24. The molecule has 1 N–H and O–H groups in total. The van der Waals surface area contributed by atoms with Crippen molar-refractivity contribution in [2.75, 3.05) is 38.4 Å². The molecule has 12 heteroatoms. The third-order valence-electron chi connectivity index (χ3n) is 4.74. The van der Waals surface area contributed by atoms with Gasteiger partial charge >= 0.3 is 0 Å². The Morgan fingerprint density at radius 1 is 1.03 bits per heavy atom. The second-order valence-electron chi connectivity index (χ2n) is 7.02. The SMILES string of the molecule is COc1ccc(CNC(=O)CCCN(c2cc([N+](=O)[O-])ccc2OC)S(C)(=O)=O)cc1OC. The zero-order chi connectivity index (χ0) is 24.6. The molecule has 0 radical (unpaired) electrons. The van der Waals surface area contributed by atoms with Crippen LogP contribution in [0.2, 0.25) is 0 Å². The lowest BCUT2D eigenvalue weighted by Gasteiger charge is -2.24. The first-order chi connectivity index (χ1) is 15.6. The lowest BCUT2D eigenvalue weighted by Crippen LogP contribution is -2.32. The molecule has 0 aliphatic heterocycles. The van der Waals surface area contributed by atoms with E-state index in [1.165, 1.54) is 33.5 Å². The molecular weight excluding hydrogens is 454 g/mol. The van der Waals surface area contributed by atoms with Crippen LogP contribution >= 0.6 is 0 Å². The van der Waals surface area contributed by atoms with E-state index in [0.29, 0.717) is 11.5 Å². The van der Waals surface area contributed by atoms with E-state index in [9.17, 15) is 23.3 Å². The number of ether oxygens (including phenoxy) is 3. The number of nitro benzene ring substituents is 1. The van der Waals surface area contributed by atoms with Crippen LogP contribution in [0, 0.1) is 10.1 Å². The fourth-order valence-corrected chi connectivity index (χ4v) is 4.08. The summed E-state index contributed by atoms with van der Waals surface area (Å²) in [5, 5.41) is 13.9. The van der Waals surface area contributed by atoms with Crippen LogP contribution in [0.1, 0.15) is 18.4 Å². The summed E-state index contributed by atoms with van der Waals surface area (Å²) in [5.41, 5.74) is 0.576. The topological polar surface area (TPSA) is 137 Å². The minimum absolute atomic E-state index is 0.0416. The number of rotatable bonds is 12. The number of benzene rings is 2. The van der Waals surface area contributed by atoms with E-state index in [0.717, 1.165) is 22.2 Å². The fourth-order valence-electron chi connectivity index (χ4n) is 3.11. The van der Waals surface area contributed by atoms with Crippen molar-refractivity contribution in [3.8, 4) is 17.2 Å². The number of carbonyl (C=O) groups is 1.